The fourth-order valence-electron chi connectivity index (χ4n) is 2.71. The second-order valence-electron chi connectivity index (χ2n) is 6.13. The lowest BCUT2D eigenvalue weighted by Gasteiger charge is -2.14. The van der Waals surface area contributed by atoms with Crippen LogP contribution in [-0.4, -0.2) is 11.0 Å². The van der Waals surface area contributed by atoms with Crippen molar-refractivity contribution in [2.45, 2.75) is 20.3 Å². The first-order chi connectivity index (χ1) is 12.9. The van der Waals surface area contributed by atoms with Crippen LogP contribution in [0, 0.1) is 6.92 Å². The van der Waals surface area contributed by atoms with Crippen molar-refractivity contribution in [1.82, 2.24) is 4.98 Å². The number of pyridine rings is 1. The number of carbonyl (C=O) groups excluding carboxylic acids is 1. The van der Waals surface area contributed by atoms with Gasteiger partial charge in [-0.25, -0.2) is 4.98 Å². The van der Waals surface area contributed by atoms with Crippen LogP contribution in [0.5, 0.6) is 5.75 Å². The lowest BCUT2D eigenvalue weighted by Crippen LogP contribution is -2.04. The smallest absolute Gasteiger partial charge is 0.308 e. The van der Waals surface area contributed by atoms with Crippen LogP contribution in [-0.2, 0) is 11.2 Å². The van der Waals surface area contributed by atoms with E-state index in [0.717, 1.165) is 22.4 Å². The number of hydrogen-bond donors (Lipinski definition) is 1. The van der Waals surface area contributed by atoms with Crippen molar-refractivity contribution in [1.29, 1.82) is 0 Å². The Bertz CT molecular complexity index is 990. The molecule has 3 rings (SSSR count). The summed E-state index contributed by atoms with van der Waals surface area (Å²) in [6, 6.07) is 15.3. The van der Waals surface area contributed by atoms with Gasteiger partial charge < -0.3 is 10.1 Å². The third-order valence-corrected chi connectivity index (χ3v) is 4.57. The van der Waals surface area contributed by atoms with Crippen molar-refractivity contribution in [3.8, 4) is 5.75 Å². The Kier molecular flexibility index (Phi) is 5.99. The Balaban J connectivity index is 1.88. The van der Waals surface area contributed by atoms with E-state index in [9.17, 15) is 4.79 Å². The van der Waals surface area contributed by atoms with Crippen molar-refractivity contribution in [3.05, 3.63) is 81.6 Å². The van der Waals surface area contributed by atoms with E-state index in [4.69, 9.17) is 27.9 Å². The molecule has 0 spiro atoms. The highest BCUT2D eigenvalue weighted by molar-refractivity contribution is 6.34. The number of nitrogens with one attached hydrogen (secondary N) is 1. The molecule has 0 atom stereocenters. The average molecular weight is 401 g/mol. The fourth-order valence-corrected chi connectivity index (χ4v) is 3.02. The molecule has 1 heterocycles. The summed E-state index contributed by atoms with van der Waals surface area (Å²) >= 11 is 12.1. The molecule has 0 saturated carbocycles. The van der Waals surface area contributed by atoms with E-state index in [1.807, 2.05) is 43.3 Å². The molecule has 4 nitrogen and oxygen atoms in total. The quantitative estimate of drug-likeness (QED) is 0.326. The van der Waals surface area contributed by atoms with E-state index >= 15 is 0 Å². The standard InChI is InChI=1S/C21H18Cl2N2O2/c1-13-7-8-17(25-19-11-21(23)24-12-18(19)22)10-16(13)9-15-5-3-4-6-20(15)27-14(2)26/h3-8,10-12H,9H2,1-2H3,(H,24,25). The molecule has 138 valence electrons. The topological polar surface area (TPSA) is 51.2 Å². The van der Waals surface area contributed by atoms with E-state index in [-0.39, 0.29) is 5.97 Å². The molecule has 0 aliphatic rings. The van der Waals surface area contributed by atoms with Crippen molar-refractivity contribution < 1.29 is 9.53 Å². The lowest BCUT2D eigenvalue weighted by atomic mass is 9.99. The molecule has 0 aliphatic heterocycles. The molecule has 27 heavy (non-hydrogen) atoms. The fraction of sp³-hybridized carbons (Fsp3) is 0.143. The number of esters is 1. The van der Waals surface area contributed by atoms with Crippen LogP contribution in [0.1, 0.15) is 23.6 Å². The number of rotatable bonds is 5. The monoisotopic (exact) mass is 400 g/mol. The first-order valence-electron chi connectivity index (χ1n) is 8.36. The van der Waals surface area contributed by atoms with Crippen LogP contribution in [0.15, 0.2) is 54.7 Å². The summed E-state index contributed by atoms with van der Waals surface area (Å²) in [5, 5.41) is 4.12. The summed E-state index contributed by atoms with van der Waals surface area (Å²) in [6.45, 7) is 3.44. The third-order valence-electron chi connectivity index (χ3n) is 4.06. The molecule has 0 radical (unpaired) electrons. The highest BCUT2D eigenvalue weighted by Crippen LogP contribution is 2.29. The second-order valence-corrected chi connectivity index (χ2v) is 6.93. The summed E-state index contributed by atoms with van der Waals surface area (Å²) in [4.78, 5) is 15.3. The third kappa shape index (κ3) is 5.00. The summed E-state index contributed by atoms with van der Waals surface area (Å²) in [6.07, 6.45) is 2.15. The van der Waals surface area contributed by atoms with Gasteiger partial charge >= 0.3 is 5.97 Å². The highest BCUT2D eigenvalue weighted by Gasteiger charge is 2.10. The van der Waals surface area contributed by atoms with Gasteiger partial charge in [-0.3, -0.25) is 4.79 Å². The first kappa shape index (κ1) is 19.2. The molecule has 3 aromatic rings. The second kappa shape index (κ2) is 8.42. The summed E-state index contributed by atoms with van der Waals surface area (Å²) in [7, 11) is 0. The molecule has 0 saturated heterocycles. The van der Waals surface area contributed by atoms with Crippen LogP contribution >= 0.6 is 23.2 Å². The zero-order valence-corrected chi connectivity index (χ0v) is 16.4. The van der Waals surface area contributed by atoms with Crippen LogP contribution < -0.4 is 10.1 Å². The Morgan fingerprint density at radius 3 is 2.67 bits per heavy atom. The maximum absolute atomic E-state index is 11.3. The Morgan fingerprint density at radius 1 is 1.11 bits per heavy atom. The minimum absolute atomic E-state index is 0.334. The molecular weight excluding hydrogens is 383 g/mol. The number of halogens is 2. The van der Waals surface area contributed by atoms with E-state index in [1.165, 1.54) is 13.1 Å². The normalized spacial score (nSPS) is 10.5. The van der Waals surface area contributed by atoms with Gasteiger partial charge in [0.15, 0.2) is 0 Å². The van der Waals surface area contributed by atoms with Crippen LogP contribution in [0.3, 0.4) is 0 Å². The largest absolute Gasteiger partial charge is 0.426 e. The maximum Gasteiger partial charge on any atom is 0.308 e. The summed E-state index contributed by atoms with van der Waals surface area (Å²) in [5.74, 6) is 0.241. The number of carbonyl (C=O) groups is 1. The van der Waals surface area contributed by atoms with E-state index in [0.29, 0.717) is 28.0 Å². The van der Waals surface area contributed by atoms with Gasteiger partial charge in [-0.1, -0.05) is 47.5 Å². The van der Waals surface area contributed by atoms with Gasteiger partial charge in [0, 0.05) is 31.3 Å². The number of para-hydroxylation sites is 1. The van der Waals surface area contributed by atoms with E-state index < -0.39 is 0 Å². The Labute approximate surface area is 168 Å². The molecule has 0 aliphatic carbocycles. The van der Waals surface area contributed by atoms with Gasteiger partial charge in [-0.15, -0.1) is 0 Å². The Hall–Kier alpha value is -2.56. The van der Waals surface area contributed by atoms with Crippen molar-refractivity contribution in [2.24, 2.45) is 0 Å². The molecule has 1 N–H and O–H groups in total. The number of ether oxygens (including phenoxy) is 1. The minimum Gasteiger partial charge on any atom is -0.426 e. The SMILES string of the molecule is CC(=O)Oc1ccccc1Cc1cc(Nc2cc(Cl)ncc2Cl)ccc1C. The molecule has 1 aromatic heterocycles. The van der Waals surface area contributed by atoms with Crippen LogP contribution in [0.4, 0.5) is 11.4 Å². The van der Waals surface area contributed by atoms with E-state index in [2.05, 4.69) is 10.3 Å². The first-order valence-corrected chi connectivity index (χ1v) is 9.12. The highest BCUT2D eigenvalue weighted by atomic mass is 35.5. The van der Waals surface area contributed by atoms with Gasteiger partial charge in [0.2, 0.25) is 0 Å². The molecule has 0 amide bonds. The predicted molar refractivity (Wildman–Crippen MR) is 109 cm³/mol. The zero-order chi connectivity index (χ0) is 19.4. The number of hydrogen-bond acceptors (Lipinski definition) is 4. The number of anilines is 2. The zero-order valence-electron chi connectivity index (χ0n) is 14.9. The minimum atomic E-state index is -0.334. The molecule has 6 heteroatoms. The van der Waals surface area contributed by atoms with Crippen LogP contribution in [0.2, 0.25) is 10.2 Å². The predicted octanol–water partition coefficient (Wildman–Crippen LogP) is 5.96. The molecule has 0 fully saturated rings. The number of benzene rings is 2. The summed E-state index contributed by atoms with van der Waals surface area (Å²) < 4.78 is 5.32. The van der Waals surface area contributed by atoms with Crippen LogP contribution in [0.25, 0.3) is 0 Å². The number of aryl methyl sites for hydroxylation is 1. The lowest BCUT2D eigenvalue weighted by molar-refractivity contribution is -0.131. The van der Waals surface area contributed by atoms with E-state index in [1.54, 1.807) is 12.1 Å². The van der Waals surface area contributed by atoms with Gasteiger partial charge in [0.1, 0.15) is 10.9 Å². The summed E-state index contributed by atoms with van der Waals surface area (Å²) in [5.41, 5.74) is 4.75. The van der Waals surface area contributed by atoms with Crippen molar-refractivity contribution in [2.75, 3.05) is 5.32 Å². The molecular formula is C21H18Cl2N2O2. The molecule has 0 unspecified atom stereocenters. The number of nitrogens with zero attached hydrogens (tertiary/aromatic N) is 1. The van der Waals surface area contributed by atoms with Gasteiger partial charge in [-0.05, 0) is 41.8 Å². The maximum atomic E-state index is 11.3. The average Bonchev–Trinajstić information content (AvgIpc) is 2.62. The van der Waals surface area contributed by atoms with Crippen molar-refractivity contribution in [3.63, 3.8) is 0 Å². The van der Waals surface area contributed by atoms with Gasteiger partial charge in [-0.2, -0.15) is 0 Å². The van der Waals surface area contributed by atoms with Gasteiger partial charge in [0.25, 0.3) is 0 Å². The molecule has 0 bridgehead atoms. The number of aromatic nitrogens is 1. The van der Waals surface area contributed by atoms with Gasteiger partial charge in [0.05, 0.1) is 10.7 Å². The van der Waals surface area contributed by atoms with Crippen molar-refractivity contribution >= 4 is 40.5 Å². The molecule has 2 aromatic carbocycles. The Morgan fingerprint density at radius 2 is 1.89 bits per heavy atom.